The molecule has 0 saturated carbocycles. The van der Waals surface area contributed by atoms with Crippen molar-refractivity contribution in [1.82, 2.24) is 4.72 Å². The first-order chi connectivity index (χ1) is 8.82. The summed E-state index contributed by atoms with van der Waals surface area (Å²) < 4.78 is 46.2. The van der Waals surface area contributed by atoms with Crippen LogP contribution in [0.1, 0.15) is 6.92 Å². The summed E-state index contributed by atoms with van der Waals surface area (Å²) >= 11 is 0.894. The normalized spacial score (nSPS) is 28.9. The van der Waals surface area contributed by atoms with E-state index in [0.29, 0.717) is 0 Å². The van der Waals surface area contributed by atoms with E-state index in [2.05, 4.69) is 13.9 Å². The van der Waals surface area contributed by atoms with Gasteiger partial charge in [-0.2, -0.15) is 12.8 Å². The highest BCUT2D eigenvalue weighted by Crippen LogP contribution is 2.40. The molecule has 0 radical (unpaired) electrons. The van der Waals surface area contributed by atoms with Gasteiger partial charge in [0.2, 0.25) is 0 Å². The molecule has 0 fully saturated rings. The maximum atomic E-state index is 13.2. The van der Waals surface area contributed by atoms with Gasteiger partial charge < -0.3 is 4.74 Å². The van der Waals surface area contributed by atoms with Crippen LogP contribution in [0.4, 0.5) is 4.39 Å². The van der Waals surface area contributed by atoms with Crippen molar-refractivity contribution in [2.75, 3.05) is 7.11 Å². The molecule has 0 aromatic heterocycles. The second kappa shape index (κ2) is 4.97. The Kier molecular flexibility index (Phi) is 3.68. The molecule has 19 heavy (non-hydrogen) atoms. The van der Waals surface area contributed by atoms with E-state index in [1.165, 1.54) is 12.2 Å². The molecule has 2 aliphatic heterocycles. The van der Waals surface area contributed by atoms with E-state index in [-0.39, 0.29) is 22.5 Å². The number of thioether (sulfide) groups is 1. The summed E-state index contributed by atoms with van der Waals surface area (Å²) in [6.07, 6.45) is 2.67. The topological polar surface area (TPSA) is 84.8 Å². The molecule has 2 atom stereocenters. The molecule has 0 aromatic carbocycles. The highest BCUT2D eigenvalue weighted by Gasteiger charge is 2.34. The van der Waals surface area contributed by atoms with Gasteiger partial charge >= 0.3 is 16.2 Å². The minimum absolute atomic E-state index is 0.198. The molecular weight excluding hydrogens is 295 g/mol. The Morgan fingerprint density at radius 2 is 2.26 bits per heavy atom. The number of esters is 1. The van der Waals surface area contributed by atoms with Crippen molar-refractivity contribution in [2.24, 2.45) is 10.3 Å². The minimum atomic E-state index is -4.00. The molecule has 2 aliphatic rings. The summed E-state index contributed by atoms with van der Waals surface area (Å²) in [4.78, 5) is 11.4. The third-order valence-electron chi connectivity index (χ3n) is 2.57. The highest BCUT2D eigenvalue weighted by atomic mass is 32.2. The van der Waals surface area contributed by atoms with Gasteiger partial charge in [0.25, 0.3) is 0 Å². The first-order valence-electron chi connectivity index (χ1n) is 5.29. The number of halogens is 1. The smallest absolute Gasteiger partial charge is 0.357 e. The Balaban J connectivity index is 2.34. The van der Waals surface area contributed by atoms with Crippen LogP contribution in [0.25, 0.3) is 0 Å². The Morgan fingerprint density at radius 1 is 1.58 bits per heavy atom. The van der Waals surface area contributed by atoms with E-state index >= 15 is 0 Å². The molecule has 2 heterocycles. The number of carbonyl (C=O) groups is 1. The van der Waals surface area contributed by atoms with Crippen LogP contribution < -0.4 is 4.72 Å². The van der Waals surface area contributed by atoms with Crippen molar-refractivity contribution >= 4 is 33.7 Å². The van der Waals surface area contributed by atoms with Crippen molar-refractivity contribution in [3.8, 4) is 0 Å². The van der Waals surface area contributed by atoms with Crippen LogP contribution in [0, 0.1) is 5.92 Å². The second-order valence-electron chi connectivity index (χ2n) is 4.01. The molecular formula is C10H11FN2O4S2. The van der Waals surface area contributed by atoms with Gasteiger partial charge in [0.05, 0.1) is 12.4 Å². The fraction of sp³-hybridized carbons (Fsp3) is 0.400. The fourth-order valence-corrected chi connectivity index (χ4v) is 3.83. The molecule has 0 aromatic rings. The van der Waals surface area contributed by atoms with E-state index in [0.717, 1.165) is 18.9 Å². The van der Waals surface area contributed by atoms with Crippen molar-refractivity contribution < 1.29 is 22.3 Å². The highest BCUT2D eigenvalue weighted by molar-refractivity contribution is 8.04. The van der Waals surface area contributed by atoms with Gasteiger partial charge in [-0.25, -0.2) is 4.79 Å². The number of nitrogens with zero attached hydrogens (tertiary/aromatic N) is 1. The molecule has 0 bridgehead atoms. The number of methoxy groups -OCH3 is 1. The monoisotopic (exact) mass is 306 g/mol. The van der Waals surface area contributed by atoms with Gasteiger partial charge in [-0.15, -0.1) is 4.40 Å². The predicted molar refractivity (Wildman–Crippen MR) is 69.3 cm³/mol. The number of ether oxygens (including phenoxy) is 1. The zero-order valence-corrected chi connectivity index (χ0v) is 11.7. The van der Waals surface area contributed by atoms with Gasteiger partial charge in [-0.3, -0.25) is 4.72 Å². The van der Waals surface area contributed by atoms with Gasteiger partial charge in [0.15, 0.2) is 10.9 Å². The lowest BCUT2D eigenvalue weighted by Gasteiger charge is -2.21. The lowest BCUT2D eigenvalue weighted by molar-refractivity contribution is -0.132. The molecule has 0 saturated heterocycles. The third-order valence-corrected chi connectivity index (χ3v) is 4.80. The van der Waals surface area contributed by atoms with Crippen LogP contribution in [0.15, 0.2) is 27.4 Å². The Labute approximate surface area is 114 Å². The number of rotatable bonds is 2. The molecule has 6 nitrogen and oxygen atoms in total. The van der Waals surface area contributed by atoms with Crippen LogP contribution in [0.2, 0.25) is 0 Å². The van der Waals surface area contributed by atoms with E-state index in [1.807, 2.05) is 0 Å². The average Bonchev–Trinajstić information content (AvgIpc) is 2.65. The predicted octanol–water partition coefficient (Wildman–Crippen LogP) is 0.895. The van der Waals surface area contributed by atoms with Gasteiger partial charge in [0.1, 0.15) is 0 Å². The van der Waals surface area contributed by atoms with E-state index in [9.17, 15) is 17.6 Å². The SMILES string of the molecule is COC(=O)C1=NS(=O)(=O)NC(C2SC(F)=CC2C)=C1. The maximum Gasteiger partial charge on any atom is 0.357 e. The Hall–Kier alpha value is -1.35. The van der Waals surface area contributed by atoms with E-state index < -0.39 is 21.4 Å². The summed E-state index contributed by atoms with van der Waals surface area (Å²) in [5.41, 5.74) is -0.104. The molecule has 1 N–H and O–H groups in total. The van der Waals surface area contributed by atoms with Crippen LogP contribution in [-0.2, 0) is 19.7 Å². The minimum Gasteiger partial charge on any atom is -0.464 e. The van der Waals surface area contributed by atoms with Crippen molar-refractivity contribution in [3.63, 3.8) is 0 Å². The summed E-state index contributed by atoms with van der Waals surface area (Å²) in [5.74, 6) is -1.05. The number of hydrogen-bond acceptors (Lipinski definition) is 5. The summed E-state index contributed by atoms with van der Waals surface area (Å²) in [5, 5.41) is -0.815. The van der Waals surface area contributed by atoms with Crippen LogP contribution >= 0.6 is 11.8 Å². The van der Waals surface area contributed by atoms with E-state index in [1.54, 1.807) is 6.92 Å². The summed E-state index contributed by atoms with van der Waals surface area (Å²) in [6.45, 7) is 1.75. The third kappa shape index (κ3) is 2.98. The molecule has 9 heteroatoms. The van der Waals surface area contributed by atoms with E-state index in [4.69, 9.17) is 0 Å². The quantitative estimate of drug-likeness (QED) is 0.766. The molecule has 0 aliphatic carbocycles. The number of carbonyl (C=O) groups excluding carboxylic acids is 1. The van der Waals surface area contributed by atoms with Crippen LogP contribution in [0.3, 0.4) is 0 Å². The van der Waals surface area contributed by atoms with Crippen LogP contribution in [-0.4, -0.2) is 32.5 Å². The fourth-order valence-electron chi connectivity index (χ4n) is 1.75. The average molecular weight is 306 g/mol. The van der Waals surface area contributed by atoms with Gasteiger partial charge in [-0.05, 0) is 18.1 Å². The Bertz CT molecular complexity index is 609. The lowest BCUT2D eigenvalue weighted by atomic mass is 10.0. The summed E-state index contributed by atoms with van der Waals surface area (Å²) in [6, 6.07) is 0. The maximum absolute atomic E-state index is 13.2. The number of hydrogen-bond donors (Lipinski definition) is 1. The molecule has 104 valence electrons. The lowest BCUT2D eigenvalue weighted by Crippen LogP contribution is -2.35. The first-order valence-corrected chi connectivity index (χ1v) is 7.61. The zero-order valence-electron chi connectivity index (χ0n) is 10.1. The molecule has 0 amide bonds. The first kappa shape index (κ1) is 14.1. The van der Waals surface area contributed by atoms with Crippen molar-refractivity contribution in [1.29, 1.82) is 0 Å². The summed E-state index contributed by atoms with van der Waals surface area (Å²) in [7, 11) is -2.88. The second-order valence-corrected chi connectivity index (χ2v) is 6.48. The van der Waals surface area contributed by atoms with Crippen LogP contribution in [0.5, 0.6) is 0 Å². The number of allylic oxidation sites excluding steroid dienone is 1. The van der Waals surface area contributed by atoms with Gasteiger partial charge in [-0.1, -0.05) is 18.7 Å². The number of nitrogens with one attached hydrogen (secondary N) is 1. The standard InChI is InChI=1S/C10H11FN2O4S2/c1-5-3-8(11)18-9(5)6-4-7(10(14)17-2)13-19(15,16)12-6/h3-5,9,12H,1-2H3. The largest absolute Gasteiger partial charge is 0.464 e. The van der Waals surface area contributed by atoms with Crippen molar-refractivity contribution in [2.45, 2.75) is 12.2 Å². The van der Waals surface area contributed by atoms with Gasteiger partial charge in [0, 0.05) is 5.70 Å². The molecule has 2 unspecified atom stereocenters. The zero-order chi connectivity index (χ0) is 14.2. The van der Waals surface area contributed by atoms with Crippen molar-refractivity contribution in [3.05, 3.63) is 23.0 Å². The Morgan fingerprint density at radius 3 is 2.79 bits per heavy atom. The molecule has 0 spiro atoms. The molecule has 2 rings (SSSR count).